The summed E-state index contributed by atoms with van der Waals surface area (Å²) in [7, 11) is 0. The third-order valence-corrected chi connectivity index (χ3v) is 6.64. The molecule has 0 radical (unpaired) electrons. The SMILES string of the molecule is Cc1nnc2sc(-c3ccc(CNC(=S)NC(=O)/C=C/c4ccc(-c5ccc(Cl)cc5)o4)cc3)nn12. The van der Waals surface area contributed by atoms with E-state index in [1.165, 1.54) is 17.4 Å². The van der Waals surface area contributed by atoms with E-state index < -0.39 is 0 Å². The van der Waals surface area contributed by atoms with Gasteiger partial charge >= 0.3 is 0 Å². The van der Waals surface area contributed by atoms with Crippen LogP contribution in [0, 0.1) is 6.92 Å². The van der Waals surface area contributed by atoms with Gasteiger partial charge in [0.25, 0.3) is 0 Å². The number of fused-ring (bicyclic) bond motifs is 1. The molecule has 36 heavy (non-hydrogen) atoms. The molecule has 0 saturated heterocycles. The topological polar surface area (TPSA) is 97.3 Å². The van der Waals surface area contributed by atoms with Crippen LogP contribution in [0.15, 0.2) is 71.2 Å². The van der Waals surface area contributed by atoms with Crippen molar-refractivity contribution in [2.45, 2.75) is 13.5 Å². The van der Waals surface area contributed by atoms with E-state index >= 15 is 0 Å². The molecule has 5 aromatic rings. The number of halogens is 1. The summed E-state index contributed by atoms with van der Waals surface area (Å²) in [6, 6.07) is 18.9. The first-order valence-corrected chi connectivity index (χ1v) is 12.5. The van der Waals surface area contributed by atoms with Crippen LogP contribution < -0.4 is 10.6 Å². The van der Waals surface area contributed by atoms with Gasteiger partial charge in [0.2, 0.25) is 10.9 Å². The first-order chi connectivity index (χ1) is 17.4. The minimum Gasteiger partial charge on any atom is -0.457 e. The molecular weight excluding hydrogens is 516 g/mol. The van der Waals surface area contributed by atoms with Gasteiger partial charge in [0.05, 0.1) is 0 Å². The largest absolute Gasteiger partial charge is 0.457 e. The molecule has 2 N–H and O–H groups in total. The number of carbonyl (C=O) groups is 1. The number of hydrogen-bond donors (Lipinski definition) is 2. The van der Waals surface area contributed by atoms with Gasteiger partial charge in [0.15, 0.2) is 10.9 Å². The van der Waals surface area contributed by atoms with Gasteiger partial charge in [-0.25, -0.2) is 0 Å². The number of carbonyl (C=O) groups excluding carboxylic acids is 1. The second kappa shape index (κ2) is 10.4. The summed E-state index contributed by atoms with van der Waals surface area (Å²) in [4.78, 5) is 13.0. The van der Waals surface area contributed by atoms with Crippen LogP contribution in [0.4, 0.5) is 0 Å². The smallest absolute Gasteiger partial charge is 0.250 e. The number of furan rings is 1. The van der Waals surface area contributed by atoms with E-state index in [0.29, 0.717) is 23.1 Å². The predicted octanol–water partition coefficient (Wildman–Crippen LogP) is 5.28. The van der Waals surface area contributed by atoms with Crippen molar-refractivity contribution in [3.8, 4) is 21.9 Å². The highest BCUT2D eigenvalue weighted by Crippen LogP contribution is 2.26. The van der Waals surface area contributed by atoms with Gasteiger partial charge in [-0.2, -0.15) is 9.61 Å². The Hall–Kier alpha value is -3.86. The monoisotopic (exact) mass is 534 g/mol. The fraction of sp³-hybridized carbons (Fsp3) is 0.0800. The molecule has 0 bridgehead atoms. The Balaban J connectivity index is 1.11. The lowest BCUT2D eigenvalue weighted by atomic mass is 10.1. The summed E-state index contributed by atoms with van der Waals surface area (Å²) >= 11 is 12.6. The van der Waals surface area contributed by atoms with E-state index in [4.69, 9.17) is 28.2 Å². The maximum atomic E-state index is 12.2. The third-order valence-electron chi connectivity index (χ3n) is 5.19. The third kappa shape index (κ3) is 5.51. The zero-order valence-corrected chi connectivity index (χ0v) is 21.3. The molecule has 180 valence electrons. The van der Waals surface area contributed by atoms with Crippen LogP contribution in [0.3, 0.4) is 0 Å². The number of amides is 1. The molecule has 0 atom stereocenters. The zero-order chi connectivity index (χ0) is 25.1. The summed E-state index contributed by atoms with van der Waals surface area (Å²) in [5.74, 6) is 1.64. The van der Waals surface area contributed by atoms with E-state index in [0.717, 1.165) is 32.5 Å². The van der Waals surface area contributed by atoms with Crippen LogP contribution in [0.2, 0.25) is 5.02 Å². The van der Waals surface area contributed by atoms with E-state index in [9.17, 15) is 4.79 Å². The molecule has 0 aliphatic carbocycles. The number of rotatable bonds is 6. The number of hydrogen-bond acceptors (Lipinski definition) is 7. The number of thiocarbonyl (C=S) groups is 1. The molecule has 3 heterocycles. The molecule has 0 saturated carbocycles. The minimum absolute atomic E-state index is 0.235. The van der Waals surface area contributed by atoms with Crippen molar-refractivity contribution in [3.05, 3.63) is 88.9 Å². The number of benzene rings is 2. The van der Waals surface area contributed by atoms with Gasteiger partial charge in [0.1, 0.15) is 16.5 Å². The summed E-state index contributed by atoms with van der Waals surface area (Å²) in [5, 5.41) is 20.1. The van der Waals surface area contributed by atoms with Gasteiger partial charge < -0.3 is 9.73 Å². The van der Waals surface area contributed by atoms with E-state index in [1.807, 2.05) is 49.4 Å². The van der Waals surface area contributed by atoms with Crippen molar-refractivity contribution < 1.29 is 9.21 Å². The van der Waals surface area contributed by atoms with Crippen molar-refractivity contribution in [2.24, 2.45) is 0 Å². The number of nitrogens with zero attached hydrogens (tertiary/aromatic N) is 4. The normalized spacial score (nSPS) is 11.3. The van der Waals surface area contributed by atoms with Crippen molar-refractivity contribution >= 4 is 57.2 Å². The van der Waals surface area contributed by atoms with Crippen LogP contribution in [0.25, 0.3) is 32.9 Å². The average Bonchev–Trinajstić information content (AvgIpc) is 3.60. The first-order valence-electron chi connectivity index (χ1n) is 10.9. The number of nitrogens with one attached hydrogen (secondary N) is 2. The Kier molecular flexibility index (Phi) is 6.90. The average molecular weight is 535 g/mol. The Morgan fingerprint density at radius 3 is 2.58 bits per heavy atom. The molecule has 1 amide bonds. The van der Waals surface area contributed by atoms with Crippen molar-refractivity contribution in [1.82, 2.24) is 30.4 Å². The Morgan fingerprint density at radius 1 is 1.08 bits per heavy atom. The second-order valence-electron chi connectivity index (χ2n) is 7.76. The molecule has 8 nitrogen and oxygen atoms in total. The molecule has 0 unspecified atom stereocenters. The van der Waals surface area contributed by atoms with E-state index in [2.05, 4.69) is 25.9 Å². The molecule has 0 aliphatic rings. The van der Waals surface area contributed by atoms with Gasteiger partial charge in [-0.1, -0.05) is 47.2 Å². The number of aryl methyl sites for hydroxylation is 1. The second-order valence-corrected chi connectivity index (χ2v) is 9.56. The molecule has 5 rings (SSSR count). The molecule has 0 fully saturated rings. The van der Waals surface area contributed by atoms with Crippen LogP contribution in [0.1, 0.15) is 17.1 Å². The lowest BCUT2D eigenvalue weighted by Crippen LogP contribution is -2.37. The highest BCUT2D eigenvalue weighted by Gasteiger charge is 2.10. The van der Waals surface area contributed by atoms with Crippen LogP contribution >= 0.6 is 35.2 Å². The van der Waals surface area contributed by atoms with Gasteiger partial charge in [-0.3, -0.25) is 10.1 Å². The lowest BCUT2D eigenvalue weighted by Gasteiger charge is -2.08. The standard InChI is InChI=1S/C25H19ClN6O2S2/c1-15-29-30-25-32(15)31-23(36-25)18-4-2-16(3-5-18)14-27-24(35)28-22(33)13-11-20-10-12-21(34-20)17-6-8-19(26)9-7-17/h2-13H,14H2,1H3,(H2,27,28,33,35)/b13-11+. The fourth-order valence-electron chi connectivity index (χ4n) is 3.35. The van der Waals surface area contributed by atoms with Gasteiger partial charge in [-0.15, -0.1) is 10.2 Å². The van der Waals surface area contributed by atoms with Crippen molar-refractivity contribution in [2.75, 3.05) is 0 Å². The summed E-state index contributed by atoms with van der Waals surface area (Å²) in [6.45, 7) is 2.33. The van der Waals surface area contributed by atoms with Crippen molar-refractivity contribution in [1.29, 1.82) is 0 Å². The zero-order valence-electron chi connectivity index (χ0n) is 18.9. The first kappa shape index (κ1) is 23.9. The molecule has 11 heteroatoms. The van der Waals surface area contributed by atoms with E-state index in [1.54, 1.807) is 28.8 Å². The number of aromatic nitrogens is 4. The van der Waals surface area contributed by atoms with Crippen LogP contribution in [0.5, 0.6) is 0 Å². The molecule has 0 aliphatic heterocycles. The maximum Gasteiger partial charge on any atom is 0.250 e. The lowest BCUT2D eigenvalue weighted by molar-refractivity contribution is -0.115. The highest BCUT2D eigenvalue weighted by molar-refractivity contribution is 7.80. The van der Waals surface area contributed by atoms with Gasteiger partial charge in [-0.05, 0) is 67.2 Å². The Bertz CT molecular complexity index is 1570. The van der Waals surface area contributed by atoms with Crippen LogP contribution in [-0.4, -0.2) is 30.8 Å². The predicted molar refractivity (Wildman–Crippen MR) is 145 cm³/mol. The quantitative estimate of drug-likeness (QED) is 0.226. The molecule has 2 aromatic carbocycles. The van der Waals surface area contributed by atoms with E-state index in [-0.39, 0.29) is 11.0 Å². The fourth-order valence-corrected chi connectivity index (χ4v) is 4.54. The highest BCUT2D eigenvalue weighted by atomic mass is 35.5. The summed E-state index contributed by atoms with van der Waals surface area (Å²) in [6.07, 6.45) is 2.96. The summed E-state index contributed by atoms with van der Waals surface area (Å²) in [5.41, 5.74) is 2.90. The maximum absolute atomic E-state index is 12.2. The van der Waals surface area contributed by atoms with Crippen LogP contribution in [-0.2, 0) is 11.3 Å². The molecule has 3 aromatic heterocycles. The molecular formula is C25H19ClN6O2S2. The summed E-state index contributed by atoms with van der Waals surface area (Å²) < 4.78 is 7.49. The molecule has 0 spiro atoms. The van der Waals surface area contributed by atoms with Gasteiger partial charge in [0, 0.05) is 28.8 Å². The minimum atomic E-state index is -0.356. The Morgan fingerprint density at radius 2 is 1.83 bits per heavy atom. The van der Waals surface area contributed by atoms with Crippen molar-refractivity contribution in [3.63, 3.8) is 0 Å². The Labute approximate surface area is 220 Å².